The Kier molecular flexibility index (Phi) is 5.16. The molecule has 4 aromatic heterocycles. The Morgan fingerprint density at radius 3 is 2.52 bits per heavy atom. The van der Waals surface area contributed by atoms with Gasteiger partial charge in [0.05, 0.1) is 29.4 Å². The standard InChI is InChI=1S/C23H23N5O3/c1-13(29)27-17-11-14(7-9-24-17)20-19(15-5-6-18(31-4)26-12-15)22-21(28-20)16(8-10-25-22)23(2,3)30/h5-12,28,30H,1-4H3,(H,24,27,29). The lowest BCUT2D eigenvalue weighted by Crippen LogP contribution is -2.16. The van der Waals surface area contributed by atoms with Crippen molar-refractivity contribution in [3.8, 4) is 28.3 Å². The van der Waals surface area contributed by atoms with Gasteiger partial charge in [0.2, 0.25) is 11.8 Å². The van der Waals surface area contributed by atoms with Crippen LogP contribution in [0.15, 0.2) is 48.9 Å². The summed E-state index contributed by atoms with van der Waals surface area (Å²) < 4.78 is 5.19. The fourth-order valence-corrected chi connectivity index (χ4v) is 3.57. The average Bonchev–Trinajstić information content (AvgIpc) is 3.12. The van der Waals surface area contributed by atoms with Crippen molar-refractivity contribution in [1.82, 2.24) is 19.9 Å². The van der Waals surface area contributed by atoms with Crippen LogP contribution in [0.2, 0.25) is 0 Å². The van der Waals surface area contributed by atoms with Gasteiger partial charge in [-0.3, -0.25) is 9.78 Å². The van der Waals surface area contributed by atoms with Crippen LogP contribution in [0, 0.1) is 0 Å². The zero-order valence-corrected chi connectivity index (χ0v) is 17.7. The molecule has 3 N–H and O–H groups in total. The van der Waals surface area contributed by atoms with E-state index in [1.165, 1.54) is 6.92 Å². The Morgan fingerprint density at radius 2 is 1.87 bits per heavy atom. The number of fused-ring (bicyclic) bond motifs is 1. The number of aromatic nitrogens is 4. The number of amides is 1. The highest BCUT2D eigenvalue weighted by Gasteiger charge is 2.25. The van der Waals surface area contributed by atoms with Crippen molar-refractivity contribution in [2.75, 3.05) is 12.4 Å². The monoisotopic (exact) mass is 417 g/mol. The molecule has 4 heterocycles. The highest BCUT2D eigenvalue weighted by Crippen LogP contribution is 2.40. The number of H-pyrrole nitrogens is 1. The smallest absolute Gasteiger partial charge is 0.222 e. The Hall–Kier alpha value is -3.78. The van der Waals surface area contributed by atoms with Gasteiger partial charge in [-0.05, 0) is 38.1 Å². The zero-order chi connectivity index (χ0) is 22.2. The summed E-state index contributed by atoms with van der Waals surface area (Å²) in [5.74, 6) is 0.747. The first kappa shape index (κ1) is 20.5. The molecule has 0 aromatic carbocycles. The van der Waals surface area contributed by atoms with Crippen molar-refractivity contribution in [2.24, 2.45) is 0 Å². The van der Waals surface area contributed by atoms with E-state index in [1.54, 1.807) is 57.7 Å². The molecule has 0 aliphatic carbocycles. The van der Waals surface area contributed by atoms with Crippen LogP contribution in [0.25, 0.3) is 33.4 Å². The van der Waals surface area contributed by atoms with Gasteiger partial charge in [0.25, 0.3) is 0 Å². The number of carbonyl (C=O) groups is 1. The summed E-state index contributed by atoms with van der Waals surface area (Å²) in [6.07, 6.45) is 5.04. The Bertz CT molecular complexity index is 1260. The van der Waals surface area contributed by atoms with Gasteiger partial charge in [-0.2, -0.15) is 0 Å². The number of carbonyl (C=O) groups excluding carboxylic acids is 1. The van der Waals surface area contributed by atoms with Crippen LogP contribution in [0.1, 0.15) is 26.3 Å². The van der Waals surface area contributed by atoms with Crippen molar-refractivity contribution >= 4 is 22.8 Å². The summed E-state index contributed by atoms with van der Waals surface area (Å²) in [6, 6.07) is 9.13. The number of aliphatic hydroxyl groups is 1. The number of aromatic amines is 1. The van der Waals surface area contributed by atoms with Gasteiger partial charge in [0.1, 0.15) is 5.82 Å². The SMILES string of the molecule is COc1ccc(-c2c(-c3ccnc(NC(C)=O)c3)[nH]c3c(C(C)(C)O)ccnc23)cn1. The molecule has 0 aliphatic heterocycles. The number of rotatable bonds is 5. The highest BCUT2D eigenvalue weighted by molar-refractivity contribution is 6.03. The molecule has 0 bridgehead atoms. The van der Waals surface area contributed by atoms with Crippen molar-refractivity contribution in [3.63, 3.8) is 0 Å². The summed E-state index contributed by atoms with van der Waals surface area (Å²) in [6.45, 7) is 4.90. The lowest BCUT2D eigenvalue weighted by Gasteiger charge is -2.18. The van der Waals surface area contributed by atoms with Crippen LogP contribution in [-0.2, 0) is 10.4 Å². The summed E-state index contributed by atoms with van der Waals surface area (Å²) in [4.78, 5) is 28.1. The Labute approximate surface area is 179 Å². The quantitative estimate of drug-likeness (QED) is 0.454. The Balaban J connectivity index is 2.00. The van der Waals surface area contributed by atoms with Gasteiger partial charge < -0.3 is 20.1 Å². The molecule has 8 heteroatoms. The molecule has 0 saturated heterocycles. The maximum absolute atomic E-state index is 11.5. The van der Waals surface area contributed by atoms with Gasteiger partial charge in [-0.1, -0.05) is 0 Å². The van der Waals surface area contributed by atoms with Crippen LogP contribution in [-0.4, -0.2) is 38.1 Å². The normalized spacial score (nSPS) is 11.5. The van der Waals surface area contributed by atoms with E-state index in [2.05, 4.69) is 25.3 Å². The molecule has 0 radical (unpaired) electrons. The van der Waals surface area contributed by atoms with E-state index in [-0.39, 0.29) is 5.91 Å². The molecular weight excluding hydrogens is 394 g/mol. The first-order valence-electron chi connectivity index (χ1n) is 9.76. The number of anilines is 1. The third-order valence-corrected chi connectivity index (χ3v) is 4.93. The second-order valence-electron chi connectivity index (χ2n) is 7.72. The predicted molar refractivity (Wildman–Crippen MR) is 119 cm³/mol. The van der Waals surface area contributed by atoms with E-state index >= 15 is 0 Å². The second kappa shape index (κ2) is 7.81. The van der Waals surface area contributed by atoms with Gasteiger partial charge in [-0.15, -0.1) is 0 Å². The largest absolute Gasteiger partial charge is 0.481 e. The molecule has 4 aromatic rings. The molecule has 0 fully saturated rings. The minimum absolute atomic E-state index is 0.202. The number of hydrogen-bond donors (Lipinski definition) is 3. The lowest BCUT2D eigenvalue weighted by atomic mass is 9.97. The van der Waals surface area contributed by atoms with Gasteiger partial charge in [0.15, 0.2) is 0 Å². The first-order chi connectivity index (χ1) is 14.8. The first-order valence-corrected chi connectivity index (χ1v) is 9.76. The van der Waals surface area contributed by atoms with Crippen molar-refractivity contribution in [1.29, 1.82) is 0 Å². The van der Waals surface area contributed by atoms with E-state index in [1.807, 2.05) is 12.1 Å². The minimum atomic E-state index is -1.07. The molecule has 0 saturated carbocycles. The summed E-state index contributed by atoms with van der Waals surface area (Å²) in [5.41, 5.74) is 4.34. The van der Waals surface area contributed by atoms with Crippen LogP contribution < -0.4 is 10.1 Å². The van der Waals surface area contributed by atoms with Crippen molar-refractivity contribution in [3.05, 3.63) is 54.5 Å². The van der Waals surface area contributed by atoms with E-state index in [9.17, 15) is 9.90 Å². The van der Waals surface area contributed by atoms with Crippen molar-refractivity contribution in [2.45, 2.75) is 26.4 Å². The van der Waals surface area contributed by atoms with Gasteiger partial charge in [-0.25, -0.2) is 9.97 Å². The number of methoxy groups -OCH3 is 1. The third kappa shape index (κ3) is 3.97. The fraction of sp³-hybridized carbons (Fsp3) is 0.217. The summed E-state index contributed by atoms with van der Waals surface area (Å²) in [5, 5.41) is 13.4. The molecule has 0 aliphatic rings. The van der Waals surface area contributed by atoms with Crippen molar-refractivity contribution < 1.29 is 14.6 Å². The number of nitrogens with one attached hydrogen (secondary N) is 2. The molecule has 0 unspecified atom stereocenters. The molecule has 158 valence electrons. The van der Waals surface area contributed by atoms with Crippen LogP contribution in [0.3, 0.4) is 0 Å². The summed E-state index contributed by atoms with van der Waals surface area (Å²) >= 11 is 0. The molecular formula is C23H23N5O3. The molecule has 1 amide bonds. The van der Waals surface area contributed by atoms with E-state index < -0.39 is 5.60 Å². The maximum atomic E-state index is 11.5. The van der Waals surface area contributed by atoms with Crippen LogP contribution >= 0.6 is 0 Å². The highest BCUT2D eigenvalue weighted by atomic mass is 16.5. The Morgan fingerprint density at radius 1 is 1.10 bits per heavy atom. The molecule has 8 nitrogen and oxygen atoms in total. The van der Waals surface area contributed by atoms with Gasteiger partial charge >= 0.3 is 0 Å². The fourth-order valence-electron chi connectivity index (χ4n) is 3.57. The second-order valence-corrected chi connectivity index (χ2v) is 7.72. The van der Waals surface area contributed by atoms with E-state index in [4.69, 9.17) is 4.74 Å². The number of pyridine rings is 3. The van der Waals surface area contributed by atoms with E-state index in [0.717, 1.165) is 33.5 Å². The molecule has 4 rings (SSSR count). The maximum Gasteiger partial charge on any atom is 0.222 e. The summed E-state index contributed by atoms with van der Waals surface area (Å²) in [7, 11) is 1.57. The lowest BCUT2D eigenvalue weighted by molar-refractivity contribution is -0.114. The average molecular weight is 417 g/mol. The number of ether oxygens (including phenoxy) is 1. The van der Waals surface area contributed by atoms with Gasteiger partial charge in [0, 0.05) is 53.8 Å². The molecule has 0 spiro atoms. The number of hydrogen-bond acceptors (Lipinski definition) is 6. The molecule has 0 atom stereocenters. The van der Waals surface area contributed by atoms with Crippen LogP contribution in [0.5, 0.6) is 5.88 Å². The third-order valence-electron chi connectivity index (χ3n) is 4.93. The zero-order valence-electron chi connectivity index (χ0n) is 17.7. The van der Waals surface area contributed by atoms with E-state index in [0.29, 0.717) is 17.2 Å². The topological polar surface area (TPSA) is 113 Å². The predicted octanol–water partition coefficient (Wildman–Crippen LogP) is 3.88. The number of nitrogens with zero attached hydrogens (tertiary/aromatic N) is 3. The van der Waals surface area contributed by atoms with Crippen LogP contribution in [0.4, 0.5) is 5.82 Å². The molecule has 31 heavy (non-hydrogen) atoms. The minimum Gasteiger partial charge on any atom is -0.481 e.